The standard InChI is InChI=1S/C22H24N2O3S2/c1-16-10-11-19(13-17(16)2)20-14-28-22(23-20)24-21(25)9-6-12-29(26,27)15-18-7-4-3-5-8-18/h3-5,7-8,10-11,13-14H,6,9,12,15H2,1-2H3,(H,23,24,25). The van der Waals surface area contributed by atoms with Crippen molar-refractivity contribution in [1.29, 1.82) is 0 Å². The van der Waals surface area contributed by atoms with Crippen molar-refractivity contribution in [3.8, 4) is 11.3 Å². The number of nitrogens with zero attached hydrogens (tertiary/aromatic N) is 1. The first kappa shape index (κ1) is 21.2. The van der Waals surface area contributed by atoms with Crippen molar-refractivity contribution >= 4 is 32.2 Å². The number of carbonyl (C=O) groups excluding carboxylic acids is 1. The van der Waals surface area contributed by atoms with Crippen molar-refractivity contribution in [3.05, 3.63) is 70.6 Å². The quantitative estimate of drug-likeness (QED) is 0.561. The van der Waals surface area contributed by atoms with Gasteiger partial charge in [-0.05, 0) is 43.0 Å². The highest BCUT2D eigenvalue weighted by Crippen LogP contribution is 2.26. The summed E-state index contributed by atoms with van der Waals surface area (Å²) in [7, 11) is -3.24. The second-order valence-electron chi connectivity index (χ2n) is 7.07. The number of thiazole rings is 1. The zero-order valence-electron chi connectivity index (χ0n) is 16.5. The van der Waals surface area contributed by atoms with Gasteiger partial charge in [-0.3, -0.25) is 4.79 Å². The largest absolute Gasteiger partial charge is 0.302 e. The predicted octanol–water partition coefficient (Wildman–Crippen LogP) is 4.76. The van der Waals surface area contributed by atoms with Crippen LogP contribution in [0.2, 0.25) is 0 Å². The maximum Gasteiger partial charge on any atom is 0.226 e. The van der Waals surface area contributed by atoms with Gasteiger partial charge in [-0.25, -0.2) is 13.4 Å². The summed E-state index contributed by atoms with van der Waals surface area (Å²) < 4.78 is 24.4. The number of hydrogen-bond acceptors (Lipinski definition) is 5. The highest BCUT2D eigenvalue weighted by molar-refractivity contribution is 7.90. The van der Waals surface area contributed by atoms with Gasteiger partial charge in [0.05, 0.1) is 17.2 Å². The molecule has 7 heteroatoms. The number of amides is 1. The number of aromatic nitrogens is 1. The predicted molar refractivity (Wildman–Crippen MR) is 119 cm³/mol. The number of hydrogen-bond donors (Lipinski definition) is 1. The van der Waals surface area contributed by atoms with Crippen LogP contribution in [0.4, 0.5) is 5.13 Å². The molecule has 1 aromatic heterocycles. The van der Waals surface area contributed by atoms with E-state index in [1.165, 1.54) is 22.5 Å². The van der Waals surface area contributed by atoms with Crippen LogP contribution in [0.5, 0.6) is 0 Å². The van der Waals surface area contributed by atoms with E-state index in [9.17, 15) is 13.2 Å². The Bertz CT molecular complexity index is 1090. The lowest BCUT2D eigenvalue weighted by Crippen LogP contribution is -2.15. The number of rotatable bonds is 8. The molecule has 1 N–H and O–H groups in total. The molecule has 29 heavy (non-hydrogen) atoms. The van der Waals surface area contributed by atoms with Gasteiger partial charge in [0.25, 0.3) is 0 Å². The van der Waals surface area contributed by atoms with Crippen LogP contribution in [0.1, 0.15) is 29.5 Å². The Kier molecular flexibility index (Phi) is 6.82. The number of anilines is 1. The smallest absolute Gasteiger partial charge is 0.226 e. The Morgan fingerprint density at radius 3 is 2.55 bits per heavy atom. The van der Waals surface area contributed by atoms with Gasteiger partial charge in [-0.1, -0.05) is 42.5 Å². The molecule has 0 aliphatic rings. The van der Waals surface area contributed by atoms with E-state index in [4.69, 9.17) is 0 Å². The van der Waals surface area contributed by atoms with Crippen molar-refractivity contribution < 1.29 is 13.2 Å². The Labute approximate surface area is 175 Å². The molecule has 0 spiro atoms. The molecular formula is C22H24N2O3S2. The van der Waals surface area contributed by atoms with E-state index >= 15 is 0 Å². The van der Waals surface area contributed by atoms with Crippen LogP contribution >= 0.6 is 11.3 Å². The van der Waals surface area contributed by atoms with Crippen LogP contribution in [0.25, 0.3) is 11.3 Å². The fourth-order valence-corrected chi connectivity index (χ4v) is 5.06. The van der Waals surface area contributed by atoms with Gasteiger partial charge in [0, 0.05) is 17.4 Å². The summed E-state index contributed by atoms with van der Waals surface area (Å²) in [5.41, 5.74) is 5.01. The Morgan fingerprint density at radius 1 is 1.07 bits per heavy atom. The van der Waals surface area contributed by atoms with E-state index in [1.54, 1.807) is 12.1 Å². The molecule has 0 atom stereocenters. The molecule has 5 nitrogen and oxygen atoms in total. The molecule has 3 rings (SSSR count). The minimum Gasteiger partial charge on any atom is -0.302 e. The van der Waals surface area contributed by atoms with Crippen LogP contribution in [0.15, 0.2) is 53.9 Å². The molecule has 0 saturated carbocycles. The molecule has 0 aliphatic carbocycles. The van der Waals surface area contributed by atoms with Crippen molar-refractivity contribution in [2.75, 3.05) is 11.1 Å². The van der Waals surface area contributed by atoms with Crippen molar-refractivity contribution in [1.82, 2.24) is 4.98 Å². The van der Waals surface area contributed by atoms with Crippen molar-refractivity contribution in [3.63, 3.8) is 0 Å². The lowest BCUT2D eigenvalue weighted by atomic mass is 10.1. The normalized spacial score (nSPS) is 11.4. The van der Waals surface area contributed by atoms with Gasteiger partial charge >= 0.3 is 0 Å². The van der Waals surface area contributed by atoms with Crippen molar-refractivity contribution in [2.45, 2.75) is 32.4 Å². The molecular weight excluding hydrogens is 404 g/mol. The Balaban J connectivity index is 1.50. The maximum atomic E-state index is 12.2. The van der Waals surface area contributed by atoms with E-state index in [2.05, 4.69) is 36.3 Å². The average Bonchev–Trinajstić information content (AvgIpc) is 3.12. The summed E-state index contributed by atoms with van der Waals surface area (Å²) in [5.74, 6) is -0.233. The summed E-state index contributed by atoms with van der Waals surface area (Å²) in [4.78, 5) is 16.6. The van der Waals surface area contributed by atoms with Gasteiger partial charge in [-0.2, -0.15) is 0 Å². The zero-order chi connectivity index (χ0) is 20.9. The SMILES string of the molecule is Cc1ccc(-c2csc(NC(=O)CCCS(=O)(=O)Cc3ccccc3)n2)cc1C. The molecule has 3 aromatic rings. The second kappa shape index (κ2) is 9.33. The summed E-state index contributed by atoms with van der Waals surface area (Å²) in [6.07, 6.45) is 0.433. The van der Waals surface area contributed by atoms with Crippen LogP contribution in [-0.4, -0.2) is 25.1 Å². The van der Waals surface area contributed by atoms with Gasteiger partial charge in [0.1, 0.15) is 0 Å². The van der Waals surface area contributed by atoms with Crippen LogP contribution in [0.3, 0.4) is 0 Å². The summed E-state index contributed by atoms with van der Waals surface area (Å²) in [6, 6.07) is 15.2. The molecule has 0 fully saturated rings. The van der Waals surface area contributed by atoms with Crippen LogP contribution < -0.4 is 5.32 Å². The molecule has 0 saturated heterocycles. The highest BCUT2D eigenvalue weighted by Gasteiger charge is 2.14. The average molecular weight is 429 g/mol. The minimum atomic E-state index is -3.24. The topological polar surface area (TPSA) is 76.1 Å². The third kappa shape index (κ3) is 6.24. The first-order valence-corrected chi connectivity index (χ1v) is 12.1. The fraction of sp³-hybridized carbons (Fsp3) is 0.273. The van der Waals surface area contributed by atoms with Gasteiger partial charge in [0.15, 0.2) is 15.0 Å². The molecule has 1 heterocycles. The van der Waals surface area contributed by atoms with E-state index in [0.717, 1.165) is 16.8 Å². The van der Waals surface area contributed by atoms with Crippen molar-refractivity contribution in [2.24, 2.45) is 0 Å². The molecule has 0 bridgehead atoms. The Morgan fingerprint density at radius 2 is 1.83 bits per heavy atom. The van der Waals surface area contributed by atoms with Gasteiger partial charge in [-0.15, -0.1) is 11.3 Å². The molecule has 0 radical (unpaired) electrons. The molecule has 0 unspecified atom stereocenters. The fourth-order valence-electron chi connectivity index (χ4n) is 2.90. The van der Waals surface area contributed by atoms with E-state index in [1.807, 2.05) is 29.6 Å². The van der Waals surface area contributed by atoms with E-state index < -0.39 is 9.84 Å². The van der Waals surface area contributed by atoms with E-state index in [-0.39, 0.29) is 30.3 Å². The molecule has 152 valence electrons. The lowest BCUT2D eigenvalue weighted by molar-refractivity contribution is -0.116. The first-order valence-electron chi connectivity index (χ1n) is 9.40. The summed E-state index contributed by atoms with van der Waals surface area (Å²) >= 11 is 1.36. The summed E-state index contributed by atoms with van der Waals surface area (Å²) in [6.45, 7) is 4.12. The monoisotopic (exact) mass is 428 g/mol. The molecule has 0 aliphatic heterocycles. The second-order valence-corrected chi connectivity index (χ2v) is 10.1. The lowest BCUT2D eigenvalue weighted by Gasteiger charge is -2.05. The highest BCUT2D eigenvalue weighted by atomic mass is 32.2. The Hall–Kier alpha value is -2.51. The molecule has 1 amide bonds. The number of nitrogens with one attached hydrogen (secondary N) is 1. The van der Waals surface area contributed by atoms with E-state index in [0.29, 0.717) is 5.13 Å². The maximum absolute atomic E-state index is 12.2. The van der Waals surface area contributed by atoms with Crippen LogP contribution in [-0.2, 0) is 20.4 Å². The van der Waals surface area contributed by atoms with Crippen LogP contribution in [0, 0.1) is 13.8 Å². The number of benzene rings is 2. The minimum absolute atomic E-state index is 0.00126. The third-order valence-electron chi connectivity index (χ3n) is 4.64. The summed E-state index contributed by atoms with van der Waals surface area (Å²) in [5, 5.41) is 5.20. The third-order valence-corrected chi connectivity index (χ3v) is 7.08. The first-order chi connectivity index (χ1) is 13.8. The number of carbonyl (C=O) groups is 1. The van der Waals surface area contributed by atoms with Gasteiger partial charge in [0.2, 0.25) is 5.91 Å². The molecule has 2 aromatic carbocycles. The zero-order valence-corrected chi connectivity index (χ0v) is 18.1. The number of aryl methyl sites for hydroxylation is 2. The van der Waals surface area contributed by atoms with Gasteiger partial charge < -0.3 is 5.32 Å². The number of sulfone groups is 1.